The highest BCUT2D eigenvalue weighted by molar-refractivity contribution is 5.80. The van der Waals surface area contributed by atoms with E-state index < -0.39 is 0 Å². The van der Waals surface area contributed by atoms with Crippen molar-refractivity contribution in [3.8, 4) is 11.1 Å². The van der Waals surface area contributed by atoms with Crippen LogP contribution in [0.2, 0.25) is 0 Å². The minimum atomic E-state index is -0.317. The third kappa shape index (κ3) is 8.52. The van der Waals surface area contributed by atoms with Crippen LogP contribution in [0.25, 0.3) is 23.3 Å². The van der Waals surface area contributed by atoms with Gasteiger partial charge in [0, 0.05) is 33.9 Å². The third-order valence-corrected chi connectivity index (χ3v) is 12.2. The molecule has 0 spiro atoms. The van der Waals surface area contributed by atoms with Crippen LogP contribution in [0.4, 0.5) is 28.4 Å². The average Bonchev–Trinajstić information content (AvgIpc) is 3.68. The summed E-state index contributed by atoms with van der Waals surface area (Å²) in [5, 5.41) is 0. The molecule has 5 aromatic rings. The van der Waals surface area contributed by atoms with Crippen LogP contribution in [-0.4, -0.2) is 5.54 Å². The number of anilines is 5. The van der Waals surface area contributed by atoms with Crippen LogP contribution in [0.15, 0.2) is 158 Å². The summed E-state index contributed by atoms with van der Waals surface area (Å²) in [6.45, 7) is 32.6. The first-order chi connectivity index (χ1) is 27.2. The lowest BCUT2D eigenvalue weighted by Gasteiger charge is -2.41. The largest absolute Gasteiger partial charge is 0.329 e. The molecule has 5 aromatic carbocycles. The van der Waals surface area contributed by atoms with Crippen LogP contribution < -0.4 is 9.80 Å². The van der Waals surface area contributed by atoms with Gasteiger partial charge in [0.15, 0.2) is 0 Å². The summed E-state index contributed by atoms with van der Waals surface area (Å²) < 4.78 is 0. The standard InChI is InChI=1S/C50H52N2.C3H8.C2H6/c1-10-36-15-13-17-44(33-36)51(42-29-23-40(24-30-42)47(4,5)12-3)41-25-19-38(20-26-41)39-21-27-43(28-22-39)52(45-18-14-16-37(11-2)34-45)49(8)31-32-50(9)46(35-49)48(50,6)7;1-3-2;1-2/h10-11,13-35H,1-2,12H2,3-9H3;3H2,1-2H3;1-2H3. The Bertz CT molecular complexity index is 2200. The van der Waals surface area contributed by atoms with Crippen LogP contribution in [0.3, 0.4) is 0 Å². The van der Waals surface area contributed by atoms with Crippen LogP contribution in [0.5, 0.6) is 0 Å². The van der Waals surface area contributed by atoms with E-state index in [1.807, 2.05) is 26.0 Å². The molecule has 0 amide bonds. The zero-order chi connectivity index (χ0) is 41.6. The van der Waals surface area contributed by atoms with E-state index in [-0.39, 0.29) is 21.8 Å². The SMILES string of the molecule is C=Cc1cccc(N(c2ccc(-c3ccc(N(c4cccc(C=C)c4)C4(C)C=CC5(C)C(=C4)C5(C)C)cc3)cc2)c2ccc(C(C)(C)CC)cc2)c1.CC.CCC. The van der Waals surface area contributed by atoms with E-state index in [0.717, 1.165) is 46.0 Å². The Kier molecular flexibility index (Phi) is 13.1. The quantitative estimate of drug-likeness (QED) is 0.124. The number of fused-ring (bicyclic) bond motifs is 1. The van der Waals surface area contributed by atoms with E-state index in [4.69, 9.17) is 0 Å². The lowest BCUT2D eigenvalue weighted by Crippen LogP contribution is -2.41. The molecule has 2 heteroatoms. The second-order valence-electron chi connectivity index (χ2n) is 16.8. The van der Waals surface area contributed by atoms with Gasteiger partial charge in [0.1, 0.15) is 0 Å². The number of hydrogen-bond acceptors (Lipinski definition) is 2. The number of allylic oxidation sites excluding steroid dienone is 2. The molecule has 0 N–H and O–H groups in total. The Morgan fingerprint density at radius 3 is 1.51 bits per heavy atom. The Balaban J connectivity index is 0.00000118. The van der Waals surface area contributed by atoms with E-state index in [1.54, 1.807) is 0 Å². The number of rotatable bonds is 11. The fourth-order valence-electron chi connectivity index (χ4n) is 7.96. The summed E-state index contributed by atoms with van der Waals surface area (Å²) in [6, 6.07) is 44.3. The van der Waals surface area contributed by atoms with Gasteiger partial charge >= 0.3 is 0 Å². The topological polar surface area (TPSA) is 6.48 Å². The van der Waals surface area contributed by atoms with Crippen molar-refractivity contribution in [2.75, 3.05) is 9.80 Å². The molecule has 0 heterocycles. The predicted molar refractivity (Wildman–Crippen MR) is 253 cm³/mol. The van der Waals surface area contributed by atoms with Gasteiger partial charge in [-0.05, 0) is 113 Å². The second kappa shape index (κ2) is 17.4. The molecule has 2 aliphatic carbocycles. The molecule has 0 aliphatic heterocycles. The number of nitrogens with zero attached hydrogens (tertiary/aromatic N) is 2. The summed E-state index contributed by atoms with van der Waals surface area (Å²) in [6.07, 6.45) is 13.5. The minimum Gasteiger partial charge on any atom is -0.329 e. The summed E-state index contributed by atoms with van der Waals surface area (Å²) >= 11 is 0. The molecule has 57 heavy (non-hydrogen) atoms. The van der Waals surface area contributed by atoms with Gasteiger partial charge in [-0.1, -0.05) is 185 Å². The van der Waals surface area contributed by atoms with Crippen molar-refractivity contribution in [1.29, 1.82) is 0 Å². The molecule has 7 rings (SSSR count). The molecule has 2 nitrogen and oxygen atoms in total. The highest BCUT2D eigenvalue weighted by Gasteiger charge is 2.63. The average molecular weight is 755 g/mol. The fraction of sp³-hybridized carbons (Fsp3) is 0.309. The summed E-state index contributed by atoms with van der Waals surface area (Å²) in [4.78, 5) is 4.80. The first kappa shape index (κ1) is 42.8. The fourth-order valence-corrected chi connectivity index (χ4v) is 7.96. The van der Waals surface area contributed by atoms with Gasteiger partial charge in [-0.15, -0.1) is 0 Å². The molecule has 0 bridgehead atoms. The maximum absolute atomic E-state index is 4.05. The minimum absolute atomic E-state index is 0.132. The van der Waals surface area contributed by atoms with Gasteiger partial charge in [-0.3, -0.25) is 0 Å². The molecule has 0 radical (unpaired) electrons. The van der Waals surface area contributed by atoms with Gasteiger partial charge in [-0.25, -0.2) is 0 Å². The van der Waals surface area contributed by atoms with Crippen LogP contribution in [0.1, 0.15) is 106 Å². The van der Waals surface area contributed by atoms with Crippen LogP contribution in [0, 0.1) is 10.8 Å². The van der Waals surface area contributed by atoms with Crippen molar-refractivity contribution in [3.05, 3.63) is 175 Å². The molecule has 0 saturated heterocycles. The highest BCUT2D eigenvalue weighted by Crippen LogP contribution is 2.71. The van der Waals surface area contributed by atoms with Crippen LogP contribution in [-0.2, 0) is 5.41 Å². The highest BCUT2D eigenvalue weighted by atomic mass is 15.2. The van der Waals surface area contributed by atoms with Crippen LogP contribution >= 0.6 is 0 Å². The molecule has 1 fully saturated rings. The van der Waals surface area contributed by atoms with Crippen molar-refractivity contribution in [3.63, 3.8) is 0 Å². The van der Waals surface area contributed by atoms with E-state index >= 15 is 0 Å². The van der Waals surface area contributed by atoms with Gasteiger partial charge in [0.25, 0.3) is 0 Å². The normalized spacial score (nSPS) is 18.7. The smallest absolute Gasteiger partial charge is 0.0792 e. The predicted octanol–water partition coefficient (Wildman–Crippen LogP) is 16.7. The van der Waals surface area contributed by atoms with E-state index in [1.165, 1.54) is 28.7 Å². The number of hydrogen-bond donors (Lipinski definition) is 0. The Morgan fingerprint density at radius 2 is 1.04 bits per heavy atom. The lowest BCUT2D eigenvalue weighted by atomic mass is 9.82. The van der Waals surface area contributed by atoms with E-state index in [0.29, 0.717) is 0 Å². The monoisotopic (exact) mass is 755 g/mol. The third-order valence-electron chi connectivity index (χ3n) is 12.2. The lowest BCUT2D eigenvalue weighted by molar-refractivity contribution is 0.500. The van der Waals surface area contributed by atoms with E-state index in [2.05, 4.69) is 225 Å². The van der Waals surface area contributed by atoms with Gasteiger partial charge < -0.3 is 9.80 Å². The van der Waals surface area contributed by atoms with E-state index in [9.17, 15) is 0 Å². The molecule has 0 aromatic heterocycles. The van der Waals surface area contributed by atoms with Crippen molar-refractivity contribution in [1.82, 2.24) is 0 Å². The zero-order valence-corrected chi connectivity index (χ0v) is 36.7. The molecule has 296 valence electrons. The Labute approximate surface area is 346 Å². The zero-order valence-electron chi connectivity index (χ0n) is 36.7. The van der Waals surface area contributed by atoms with Gasteiger partial charge in [-0.2, -0.15) is 0 Å². The van der Waals surface area contributed by atoms with Gasteiger partial charge in [0.2, 0.25) is 0 Å². The molecule has 2 unspecified atom stereocenters. The first-order valence-corrected chi connectivity index (χ1v) is 21.1. The van der Waals surface area contributed by atoms with Crippen molar-refractivity contribution in [2.24, 2.45) is 10.8 Å². The van der Waals surface area contributed by atoms with Crippen molar-refractivity contribution >= 4 is 40.6 Å². The first-order valence-electron chi connectivity index (χ1n) is 21.1. The molecular formula is C55H66N2. The molecular weight excluding hydrogens is 689 g/mol. The van der Waals surface area contributed by atoms with Gasteiger partial charge in [0.05, 0.1) is 5.54 Å². The number of benzene rings is 5. The summed E-state index contributed by atoms with van der Waals surface area (Å²) in [7, 11) is 0. The van der Waals surface area contributed by atoms with Crippen molar-refractivity contribution < 1.29 is 0 Å². The Morgan fingerprint density at radius 1 is 0.579 bits per heavy atom. The van der Waals surface area contributed by atoms with Crippen molar-refractivity contribution in [2.45, 2.75) is 100.0 Å². The summed E-state index contributed by atoms with van der Waals surface area (Å²) in [5.41, 5.74) is 13.2. The maximum Gasteiger partial charge on any atom is 0.0792 e. The Hall–Kier alpha value is -5.34. The maximum atomic E-state index is 4.05. The molecule has 2 atom stereocenters. The summed E-state index contributed by atoms with van der Waals surface area (Å²) in [5.74, 6) is 0. The molecule has 2 aliphatic rings. The molecule has 1 saturated carbocycles. The second-order valence-corrected chi connectivity index (χ2v) is 16.8.